The Morgan fingerprint density at radius 3 is 2.88 bits per heavy atom. The summed E-state index contributed by atoms with van der Waals surface area (Å²) in [4.78, 5) is 10.9. The van der Waals surface area contributed by atoms with Gasteiger partial charge in [-0.15, -0.1) is 0 Å². The third kappa shape index (κ3) is 1.43. The molecule has 16 heavy (non-hydrogen) atoms. The van der Waals surface area contributed by atoms with E-state index in [-0.39, 0.29) is 0 Å². The lowest BCUT2D eigenvalue weighted by atomic mass is 10.2. The summed E-state index contributed by atoms with van der Waals surface area (Å²) in [5.74, 6) is -0.901. The van der Waals surface area contributed by atoms with Gasteiger partial charge in [-0.1, -0.05) is 0 Å². The molecule has 0 amide bonds. The van der Waals surface area contributed by atoms with Crippen LogP contribution in [0.15, 0.2) is 22.8 Å². The van der Waals surface area contributed by atoms with E-state index in [9.17, 15) is 4.79 Å². The van der Waals surface area contributed by atoms with E-state index in [1.54, 1.807) is 18.2 Å². The minimum atomic E-state index is -0.901. The number of carboxylic acid groups (broad SMARTS) is 1. The van der Waals surface area contributed by atoms with Gasteiger partial charge in [0.1, 0.15) is 4.60 Å². The molecular formula is C11H9BrN2O2. The standard InChI is InChI=1S/C11H9BrN2O2/c12-10-8-4-1-6(11(15)16)5-9(8)14(13-10)7-2-3-7/h1,4-5,7H,2-3H2,(H,15,16). The quantitative estimate of drug-likeness (QED) is 0.920. The van der Waals surface area contributed by atoms with Gasteiger partial charge in [0, 0.05) is 5.39 Å². The maximum atomic E-state index is 10.9. The molecule has 4 nitrogen and oxygen atoms in total. The van der Waals surface area contributed by atoms with Gasteiger partial charge in [0.15, 0.2) is 0 Å². The molecule has 82 valence electrons. The van der Waals surface area contributed by atoms with Crippen LogP contribution in [0.2, 0.25) is 0 Å². The molecule has 2 aromatic rings. The van der Waals surface area contributed by atoms with Crippen molar-refractivity contribution in [2.45, 2.75) is 18.9 Å². The van der Waals surface area contributed by atoms with E-state index < -0.39 is 5.97 Å². The number of rotatable bonds is 2. The van der Waals surface area contributed by atoms with Gasteiger partial charge < -0.3 is 5.11 Å². The number of carbonyl (C=O) groups is 1. The molecule has 0 unspecified atom stereocenters. The minimum Gasteiger partial charge on any atom is -0.478 e. The van der Waals surface area contributed by atoms with Crippen LogP contribution in [0.4, 0.5) is 0 Å². The second kappa shape index (κ2) is 3.31. The number of carboxylic acids is 1. The molecule has 1 aromatic carbocycles. The number of fused-ring (bicyclic) bond motifs is 1. The van der Waals surface area contributed by atoms with Crippen molar-refractivity contribution in [2.24, 2.45) is 0 Å². The maximum Gasteiger partial charge on any atom is 0.335 e. The van der Waals surface area contributed by atoms with Gasteiger partial charge in [-0.25, -0.2) is 4.79 Å². The Morgan fingerprint density at radius 1 is 1.50 bits per heavy atom. The number of hydrogen-bond acceptors (Lipinski definition) is 2. The van der Waals surface area contributed by atoms with Crippen molar-refractivity contribution in [2.75, 3.05) is 0 Å². The van der Waals surface area contributed by atoms with E-state index in [0.29, 0.717) is 11.6 Å². The smallest absolute Gasteiger partial charge is 0.335 e. The lowest BCUT2D eigenvalue weighted by Crippen LogP contribution is -1.99. The highest BCUT2D eigenvalue weighted by atomic mass is 79.9. The Labute approximate surface area is 100.0 Å². The second-order valence-electron chi connectivity index (χ2n) is 4.00. The summed E-state index contributed by atoms with van der Waals surface area (Å²) in [5.41, 5.74) is 1.20. The number of nitrogens with zero attached hydrogens (tertiary/aromatic N) is 2. The first-order chi connectivity index (χ1) is 7.66. The summed E-state index contributed by atoms with van der Waals surface area (Å²) in [5, 5.41) is 14.3. The summed E-state index contributed by atoms with van der Waals surface area (Å²) < 4.78 is 2.71. The van der Waals surface area contributed by atoms with Crippen LogP contribution in [0, 0.1) is 0 Å². The minimum absolute atomic E-state index is 0.307. The number of halogens is 1. The van der Waals surface area contributed by atoms with Crippen LogP contribution in [-0.4, -0.2) is 20.9 Å². The Balaban J connectivity index is 2.26. The van der Waals surface area contributed by atoms with Crippen molar-refractivity contribution in [1.29, 1.82) is 0 Å². The van der Waals surface area contributed by atoms with Gasteiger partial charge in [0.2, 0.25) is 0 Å². The zero-order chi connectivity index (χ0) is 11.3. The molecule has 1 aliphatic rings. The summed E-state index contributed by atoms with van der Waals surface area (Å²) >= 11 is 3.40. The van der Waals surface area contributed by atoms with E-state index in [4.69, 9.17) is 5.11 Å². The van der Waals surface area contributed by atoms with Crippen LogP contribution < -0.4 is 0 Å². The maximum absolute atomic E-state index is 10.9. The first kappa shape index (κ1) is 9.84. The van der Waals surface area contributed by atoms with E-state index in [0.717, 1.165) is 28.3 Å². The molecule has 1 heterocycles. The second-order valence-corrected chi connectivity index (χ2v) is 4.75. The van der Waals surface area contributed by atoms with Gasteiger partial charge in [-0.3, -0.25) is 4.68 Å². The summed E-state index contributed by atoms with van der Waals surface area (Å²) in [6, 6.07) is 5.54. The molecule has 1 aromatic heterocycles. The molecule has 0 spiro atoms. The summed E-state index contributed by atoms with van der Waals surface area (Å²) in [6.07, 6.45) is 2.25. The monoisotopic (exact) mass is 280 g/mol. The highest BCUT2D eigenvalue weighted by Gasteiger charge is 2.27. The highest BCUT2D eigenvalue weighted by molar-refractivity contribution is 9.10. The van der Waals surface area contributed by atoms with Crippen molar-refractivity contribution in [1.82, 2.24) is 9.78 Å². The third-order valence-electron chi connectivity index (χ3n) is 2.80. The zero-order valence-electron chi connectivity index (χ0n) is 8.35. The normalized spacial score (nSPS) is 15.6. The van der Waals surface area contributed by atoms with Gasteiger partial charge >= 0.3 is 5.97 Å². The number of hydrogen-bond donors (Lipinski definition) is 1. The van der Waals surface area contributed by atoms with Crippen LogP contribution in [0.25, 0.3) is 10.9 Å². The first-order valence-corrected chi connectivity index (χ1v) is 5.87. The largest absolute Gasteiger partial charge is 0.478 e. The van der Waals surface area contributed by atoms with Crippen molar-refractivity contribution < 1.29 is 9.90 Å². The van der Waals surface area contributed by atoms with Crippen molar-refractivity contribution in [3.05, 3.63) is 28.4 Å². The summed E-state index contributed by atoms with van der Waals surface area (Å²) in [6.45, 7) is 0. The SMILES string of the molecule is O=C(O)c1ccc2c(Br)nn(C3CC3)c2c1. The average Bonchev–Trinajstić information content (AvgIpc) is 3.04. The molecule has 1 N–H and O–H groups in total. The molecule has 0 atom stereocenters. The van der Waals surface area contributed by atoms with E-state index >= 15 is 0 Å². The molecule has 0 saturated heterocycles. The molecular weight excluding hydrogens is 272 g/mol. The topological polar surface area (TPSA) is 55.1 Å². The molecule has 0 radical (unpaired) electrons. The van der Waals surface area contributed by atoms with Crippen LogP contribution in [-0.2, 0) is 0 Å². The first-order valence-electron chi connectivity index (χ1n) is 5.08. The lowest BCUT2D eigenvalue weighted by Gasteiger charge is -2.00. The number of aromatic nitrogens is 2. The van der Waals surface area contributed by atoms with Crippen molar-refractivity contribution >= 4 is 32.8 Å². The molecule has 1 fully saturated rings. The predicted octanol–water partition coefficient (Wildman–Crippen LogP) is 2.83. The zero-order valence-corrected chi connectivity index (χ0v) is 9.94. The van der Waals surface area contributed by atoms with E-state index in [1.165, 1.54) is 0 Å². The molecule has 0 aliphatic heterocycles. The molecule has 3 rings (SSSR count). The van der Waals surface area contributed by atoms with E-state index in [2.05, 4.69) is 21.0 Å². The highest BCUT2D eigenvalue weighted by Crippen LogP contribution is 2.38. The van der Waals surface area contributed by atoms with Gasteiger partial charge in [0.25, 0.3) is 0 Å². The van der Waals surface area contributed by atoms with Crippen molar-refractivity contribution in [3.63, 3.8) is 0 Å². The van der Waals surface area contributed by atoms with Crippen LogP contribution in [0.1, 0.15) is 29.2 Å². The number of aromatic carboxylic acids is 1. The Morgan fingerprint density at radius 2 is 2.25 bits per heavy atom. The lowest BCUT2D eigenvalue weighted by molar-refractivity contribution is 0.0697. The van der Waals surface area contributed by atoms with E-state index in [1.807, 2.05) is 4.68 Å². The third-order valence-corrected chi connectivity index (χ3v) is 3.39. The fraction of sp³-hybridized carbons (Fsp3) is 0.273. The fourth-order valence-corrected chi connectivity index (χ4v) is 2.33. The predicted molar refractivity (Wildman–Crippen MR) is 62.7 cm³/mol. The molecule has 1 aliphatic carbocycles. The molecule has 1 saturated carbocycles. The Kier molecular flexibility index (Phi) is 2.04. The van der Waals surface area contributed by atoms with Crippen LogP contribution >= 0.6 is 15.9 Å². The number of benzene rings is 1. The molecule has 5 heteroatoms. The van der Waals surface area contributed by atoms with Crippen LogP contribution in [0.3, 0.4) is 0 Å². The summed E-state index contributed by atoms with van der Waals surface area (Å²) in [7, 11) is 0. The average molecular weight is 281 g/mol. The fourth-order valence-electron chi connectivity index (χ4n) is 1.83. The van der Waals surface area contributed by atoms with Crippen molar-refractivity contribution in [3.8, 4) is 0 Å². The van der Waals surface area contributed by atoms with Gasteiger partial charge in [-0.05, 0) is 47.0 Å². The Hall–Kier alpha value is -1.36. The van der Waals surface area contributed by atoms with Crippen LogP contribution in [0.5, 0.6) is 0 Å². The van der Waals surface area contributed by atoms with Gasteiger partial charge in [-0.2, -0.15) is 5.10 Å². The van der Waals surface area contributed by atoms with Gasteiger partial charge in [0.05, 0.1) is 17.1 Å². The molecule has 0 bridgehead atoms. The Bertz CT molecular complexity index is 587.